The molecule has 1 aromatic carbocycles. The summed E-state index contributed by atoms with van der Waals surface area (Å²) in [5.74, 6) is -0.733. The Kier molecular flexibility index (Phi) is 5.57. The van der Waals surface area contributed by atoms with Gasteiger partial charge in [-0.2, -0.15) is 9.39 Å². The first-order valence-electron chi connectivity index (χ1n) is 9.25. The highest BCUT2D eigenvalue weighted by Crippen LogP contribution is 2.30. The fourth-order valence-electron chi connectivity index (χ4n) is 2.95. The van der Waals surface area contributed by atoms with Crippen molar-refractivity contribution < 1.29 is 27.2 Å². The number of nitrogens with zero attached hydrogens (tertiary/aromatic N) is 3. The van der Waals surface area contributed by atoms with Gasteiger partial charge in [0.1, 0.15) is 17.4 Å². The summed E-state index contributed by atoms with van der Waals surface area (Å²) in [6, 6.07) is 9.90. The summed E-state index contributed by atoms with van der Waals surface area (Å²) in [6.07, 6.45) is 2.29. The van der Waals surface area contributed by atoms with Crippen molar-refractivity contribution in [2.45, 2.75) is 6.92 Å². The van der Waals surface area contributed by atoms with Crippen LogP contribution in [-0.4, -0.2) is 54.2 Å². The van der Waals surface area contributed by atoms with Crippen molar-refractivity contribution >= 4 is 55.9 Å². The standard InChI is InChI=1S/C20H16N4O6S2/c1-3-29-18(26)12-6-4-11(5-7-12)15-9-8-13(30-15)10-14-16(21)24-19(22-17(14)25)31-23-20(24)32(2,27)28/h4-10,21H,3H2,1-2H3. The van der Waals surface area contributed by atoms with Crippen LogP contribution in [0, 0.1) is 5.41 Å². The highest BCUT2D eigenvalue weighted by atomic mass is 32.2. The molecule has 3 heterocycles. The smallest absolute Gasteiger partial charge is 0.338 e. The molecule has 0 unspecified atom stereocenters. The quantitative estimate of drug-likeness (QED) is 0.407. The monoisotopic (exact) mass is 472 g/mol. The van der Waals surface area contributed by atoms with E-state index < -0.39 is 21.7 Å². The number of esters is 1. The molecule has 10 nitrogen and oxygen atoms in total. The minimum Gasteiger partial charge on any atom is -0.462 e. The number of hydrogen-bond donors (Lipinski definition) is 1. The van der Waals surface area contributed by atoms with Gasteiger partial charge < -0.3 is 9.15 Å². The van der Waals surface area contributed by atoms with Gasteiger partial charge in [0.05, 0.1) is 29.7 Å². The van der Waals surface area contributed by atoms with Crippen LogP contribution >= 0.6 is 11.9 Å². The predicted molar refractivity (Wildman–Crippen MR) is 120 cm³/mol. The largest absolute Gasteiger partial charge is 0.462 e. The molecule has 2 aliphatic rings. The van der Waals surface area contributed by atoms with Crippen LogP contribution < -0.4 is 0 Å². The molecule has 2 aromatic rings. The molecule has 2 aliphatic heterocycles. The normalized spacial score (nSPS) is 17.3. The molecule has 0 bridgehead atoms. The van der Waals surface area contributed by atoms with Crippen LogP contribution in [0.25, 0.3) is 17.4 Å². The van der Waals surface area contributed by atoms with E-state index in [1.54, 1.807) is 43.3 Å². The van der Waals surface area contributed by atoms with Crippen molar-refractivity contribution in [3.8, 4) is 11.3 Å². The maximum atomic E-state index is 12.4. The summed E-state index contributed by atoms with van der Waals surface area (Å²) in [6.45, 7) is 2.01. The van der Waals surface area contributed by atoms with E-state index in [1.165, 1.54) is 6.08 Å². The zero-order chi connectivity index (χ0) is 23.0. The van der Waals surface area contributed by atoms with E-state index in [0.29, 0.717) is 16.9 Å². The third-order valence-electron chi connectivity index (χ3n) is 4.42. The lowest BCUT2D eigenvalue weighted by Crippen LogP contribution is -2.45. The Morgan fingerprint density at radius 3 is 2.62 bits per heavy atom. The number of carbonyl (C=O) groups excluding carboxylic acids is 2. The Bertz CT molecular complexity index is 1340. The van der Waals surface area contributed by atoms with Crippen LogP contribution in [0.1, 0.15) is 23.0 Å². The number of amides is 1. The second kappa shape index (κ2) is 8.20. The van der Waals surface area contributed by atoms with E-state index in [4.69, 9.17) is 14.6 Å². The number of carbonyl (C=O) groups is 2. The second-order valence-corrected chi connectivity index (χ2v) is 9.32. The maximum Gasteiger partial charge on any atom is 0.338 e. The first-order valence-corrected chi connectivity index (χ1v) is 11.9. The highest BCUT2D eigenvalue weighted by molar-refractivity contribution is 8.16. The number of sulfone groups is 1. The van der Waals surface area contributed by atoms with E-state index >= 15 is 0 Å². The van der Waals surface area contributed by atoms with Gasteiger partial charge in [0.2, 0.25) is 20.2 Å². The zero-order valence-corrected chi connectivity index (χ0v) is 18.5. The van der Waals surface area contributed by atoms with Crippen LogP contribution in [0.15, 0.2) is 55.8 Å². The molecule has 1 N–H and O–H groups in total. The SMILES string of the molecule is CCOC(=O)c1ccc(-c2ccc(C=C3C(=N)N4C(=NC3=O)SN=C4S(C)(=O)=O)o2)cc1. The molecule has 0 radical (unpaired) electrons. The number of ether oxygens (including phenoxy) is 1. The van der Waals surface area contributed by atoms with Gasteiger partial charge >= 0.3 is 5.97 Å². The van der Waals surface area contributed by atoms with Crippen molar-refractivity contribution in [2.75, 3.05) is 12.9 Å². The van der Waals surface area contributed by atoms with Crippen LogP contribution in [0.4, 0.5) is 0 Å². The van der Waals surface area contributed by atoms with E-state index in [0.717, 1.165) is 23.1 Å². The third-order valence-corrected chi connectivity index (χ3v) is 6.17. The fourth-order valence-corrected chi connectivity index (χ4v) is 4.80. The average Bonchev–Trinajstić information content (AvgIpc) is 3.38. The number of aliphatic imine (C=N–C) groups is 1. The van der Waals surface area contributed by atoms with Gasteiger partial charge in [-0.05, 0) is 37.3 Å². The number of hydrogen-bond acceptors (Lipinski definition) is 9. The van der Waals surface area contributed by atoms with Gasteiger partial charge in [0.15, 0.2) is 0 Å². The first-order chi connectivity index (χ1) is 15.2. The zero-order valence-electron chi connectivity index (χ0n) is 16.9. The summed E-state index contributed by atoms with van der Waals surface area (Å²) in [7, 11) is -3.73. The summed E-state index contributed by atoms with van der Waals surface area (Å²) in [5, 5.41) is 8.00. The van der Waals surface area contributed by atoms with Crippen LogP contribution in [0.5, 0.6) is 0 Å². The van der Waals surface area contributed by atoms with Crippen molar-refractivity contribution in [1.82, 2.24) is 4.90 Å². The molecule has 0 fully saturated rings. The predicted octanol–water partition coefficient (Wildman–Crippen LogP) is 2.74. The third kappa shape index (κ3) is 4.01. The summed E-state index contributed by atoms with van der Waals surface area (Å²) < 4.78 is 38.4. The highest BCUT2D eigenvalue weighted by Gasteiger charge is 2.41. The Morgan fingerprint density at radius 2 is 1.97 bits per heavy atom. The molecule has 0 aliphatic carbocycles. The lowest BCUT2D eigenvalue weighted by molar-refractivity contribution is -0.114. The van der Waals surface area contributed by atoms with Crippen molar-refractivity contribution in [2.24, 2.45) is 9.39 Å². The second-order valence-electron chi connectivity index (χ2n) is 6.68. The Balaban J connectivity index is 1.61. The molecule has 0 saturated carbocycles. The van der Waals surface area contributed by atoms with Crippen LogP contribution in [0.3, 0.4) is 0 Å². The molecule has 1 aromatic heterocycles. The molecular weight excluding hydrogens is 456 g/mol. The average molecular weight is 473 g/mol. The number of furan rings is 1. The van der Waals surface area contributed by atoms with Gasteiger partial charge in [-0.1, -0.05) is 12.1 Å². The molecule has 0 spiro atoms. The van der Waals surface area contributed by atoms with Gasteiger partial charge in [0, 0.05) is 11.8 Å². The van der Waals surface area contributed by atoms with Gasteiger partial charge in [0.25, 0.3) is 5.91 Å². The molecule has 32 heavy (non-hydrogen) atoms. The van der Waals surface area contributed by atoms with E-state index in [1.807, 2.05) is 0 Å². The minimum atomic E-state index is -3.73. The van der Waals surface area contributed by atoms with Crippen molar-refractivity contribution in [1.29, 1.82) is 5.41 Å². The molecule has 164 valence electrons. The summed E-state index contributed by atoms with van der Waals surface area (Å²) >= 11 is 0.724. The summed E-state index contributed by atoms with van der Waals surface area (Å²) in [5.41, 5.74) is 0.966. The lowest BCUT2D eigenvalue weighted by Gasteiger charge is -2.23. The van der Waals surface area contributed by atoms with Crippen LogP contribution in [-0.2, 0) is 19.4 Å². The summed E-state index contributed by atoms with van der Waals surface area (Å²) in [4.78, 5) is 29.0. The van der Waals surface area contributed by atoms with E-state index in [9.17, 15) is 18.0 Å². The fraction of sp³-hybridized carbons (Fsp3) is 0.150. The van der Waals surface area contributed by atoms with Crippen molar-refractivity contribution in [3.05, 3.63) is 53.3 Å². The van der Waals surface area contributed by atoms with Gasteiger partial charge in [-0.15, -0.1) is 0 Å². The molecular formula is C20H16N4O6S2. The molecule has 12 heteroatoms. The van der Waals surface area contributed by atoms with E-state index in [-0.39, 0.29) is 34.1 Å². The van der Waals surface area contributed by atoms with Gasteiger partial charge in [-0.3, -0.25) is 10.2 Å². The topological polar surface area (TPSA) is 142 Å². The molecule has 1 amide bonds. The van der Waals surface area contributed by atoms with E-state index in [2.05, 4.69) is 9.39 Å². The van der Waals surface area contributed by atoms with Gasteiger partial charge in [-0.25, -0.2) is 18.1 Å². The number of benzene rings is 1. The lowest BCUT2D eigenvalue weighted by atomic mass is 10.1. The molecule has 4 rings (SSSR count). The first kappa shape index (κ1) is 21.7. The number of amidine groups is 3. The maximum absolute atomic E-state index is 12.4. The van der Waals surface area contributed by atoms with Crippen LogP contribution in [0.2, 0.25) is 0 Å². The Labute approximate surface area is 187 Å². The Hall–Kier alpha value is -3.51. The number of fused-ring (bicyclic) bond motifs is 1. The Morgan fingerprint density at radius 1 is 1.25 bits per heavy atom. The number of nitrogens with one attached hydrogen (secondary N) is 1. The van der Waals surface area contributed by atoms with Crippen molar-refractivity contribution in [3.63, 3.8) is 0 Å². The number of rotatable bonds is 4. The molecule has 0 atom stereocenters. The minimum absolute atomic E-state index is 0.0133. The molecule has 0 saturated heterocycles.